The maximum Gasteiger partial charge on any atom is 0.127 e. The summed E-state index contributed by atoms with van der Waals surface area (Å²) in [6.45, 7) is 6.78. The maximum atomic E-state index is 5.67. The molecule has 4 nitrogen and oxygen atoms in total. The third kappa shape index (κ3) is 4.40. The van der Waals surface area contributed by atoms with E-state index in [-0.39, 0.29) is 0 Å². The summed E-state index contributed by atoms with van der Waals surface area (Å²) < 4.78 is 10.7. The van der Waals surface area contributed by atoms with Crippen molar-refractivity contribution in [2.75, 3.05) is 34.4 Å². The first-order valence-electron chi connectivity index (χ1n) is 6.61. The zero-order valence-electron chi connectivity index (χ0n) is 12.7. The Balaban J connectivity index is 2.87. The summed E-state index contributed by atoms with van der Waals surface area (Å²) >= 11 is 0. The van der Waals surface area contributed by atoms with Crippen LogP contribution in [-0.4, -0.2) is 39.3 Å². The van der Waals surface area contributed by atoms with Gasteiger partial charge in [0.1, 0.15) is 11.5 Å². The lowest BCUT2D eigenvalue weighted by atomic mass is 10.1. The van der Waals surface area contributed by atoms with Crippen LogP contribution in [0.1, 0.15) is 18.1 Å². The number of nitrogens with two attached hydrogens (primary N) is 1. The number of aryl methyl sites for hydroxylation is 1. The topological polar surface area (TPSA) is 47.7 Å². The van der Waals surface area contributed by atoms with Crippen molar-refractivity contribution in [2.24, 2.45) is 11.7 Å². The van der Waals surface area contributed by atoms with Crippen molar-refractivity contribution >= 4 is 0 Å². The van der Waals surface area contributed by atoms with Crippen molar-refractivity contribution in [3.63, 3.8) is 0 Å². The van der Waals surface area contributed by atoms with Crippen molar-refractivity contribution < 1.29 is 9.47 Å². The molecule has 1 aromatic carbocycles. The van der Waals surface area contributed by atoms with E-state index in [0.29, 0.717) is 12.5 Å². The van der Waals surface area contributed by atoms with Gasteiger partial charge in [-0.2, -0.15) is 0 Å². The van der Waals surface area contributed by atoms with Crippen molar-refractivity contribution in [1.82, 2.24) is 4.90 Å². The standard InChI is InChI=1S/C15H26N2O2/c1-11(8-16)9-17(3)10-14-12(2)6-13(18-4)7-15(14)19-5/h6-7,11H,8-10,16H2,1-5H3. The predicted molar refractivity (Wildman–Crippen MR) is 78.8 cm³/mol. The van der Waals surface area contributed by atoms with Crippen molar-refractivity contribution in [2.45, 2.75) is 20.4 Å². The van der Waals surface area contributed by atoms with Crippen molar-refractivity contribution in [3.05, 3.63) is 23.3 Å². The maximum absolute atomic E-state index is 5.67. The van der Waals surface area contributed by atoms with Crippen LogP contribution in [0.3, 0.4) is 0 Å². The smallest absolute Gasteiger partial charge is 0.127 e. The summed E-state index contributed by atoms with van der Waals surface area (Å²) in [4.78, 5) is 2.27. The quantitative estimate of drug-likeness (QED) is 0.820. The fourth-order valence-electron chi connectivity index (χ4n) is 2.20. The molecule has 1 unspecified atom stereocenters. The molecule has 0 aromatic heterocycles. The Kier molecular flexibility index (Phi) is 6.12. The molecular weight excluding hydrogens is 240 g/mol. The number of rotatable bonds is 7. The lowest BCUT2D eigenvalue weighted by molar-refractivity contribution is 0.276. The van der Waals surface area contributed by atoms with E-state index in [1.165, 1.54) is 11.1 Å². The van der Waals surface area contributed by atoms with Gasteiger partial charge in [0.2, 0.25) is 0 Å². The van der Waals surface area contributed by atoms with Crippen molar-refractivity contribution in [3.8, 4) is 11.5 Å². The summed E-state index contributed by atoms with van der Waals surface area (Å²) in [5, 5.41) is 0. The van der Waals surface area contributed by atoms with Crippen LogP contribution in [-0.2, 0) is 6.54 Å². The SMILES string of the molecule is COc1cc(C)c(CN(C)CC(C)CN)c(OC)c1. The largest absolute Gasteiger partial charge is 0.497 e. The van der Waals surface area contributed by atoms with E-state index in [9.17, 15) is 0 Å². The second-order valence-corrected chi connectivity index (χ2v) is 5.16. The van der Waals surface area contributed by atoms with Crippen LogP contribution in [0.5, 0.6) is 11.5 Å². The van der Waals surface area contributed by atoms with E-state index in [4.69, 9.17) is 15.2 Å². The minimum absolute atomic E-state index is 0.495. The molecule has 0 amide bonds. The predicted octanol–water partition coefficient (Wildman–Crippen LogP) is 2.04. The highest BCUT2D eigenvalue weighted by Gasteiger charge is 2.13. The molecule has 0 heterocycles. The Labute approximate surface area is 116 Å². The minimum Gasteiger partial charge on any atom is -0.497 e. The van der Waals surface area contributed by atoms with Crippen molar-refractivity contribution in [1.29, 1.82) is 0 Å². The average molecular weight is 266 g/mol. The molecule has 1 rings (SSSR count). The molecule has 4 heteroatoms. The van der Waals surface area contributed by atoms with Gasteiger partial charge in [0.25, 0.3) is 0 Å². The number of benzene rings is 1. The first kappa shape index (κ1) is 15.8. The highest BCUT2D eigenvalue weighted by Crippen LogP contribution is 2.29. The normalized spacial score (nSPS) is 12.6. The monoisotopic (exact) mass is 266 g/mol. The van der Waals surface area contributed by atoms with E-state index in [1.54, 1.807) is 14.2 Å². The van der Waals surface area contributed by atoms with Crippen LogP contribution in [0.4, 0.5) is 0 Å². The number of nitrogens with zero attached hydrogens (tertiary/aromatic N) is 1. The number of ether oxygens (including phenoxy) is 2. The van der Waals surface area contributed by atoms with Crippen LogP contribution >= 0.6 is 0 Å². The molecule has 1 aromatic rings. The summed E-state index contributed by atoms with van der Waals surface area (Å²) in [6.07, 6.45) is 0. The molecule has 0 aliphatic carbocycles. The fourth-order valence-corrected chi connectivity index (χ4v) is 2.20. The van der Waals surface area contributed by atoms with Gasteiger partial charge < -0.3 is 20.1 Å². The first-order valence-corrected chi connectivity index (χ1v) is 6.61. The molecule has 0 radical (unpaired) electrons. The molecule has 108 valence electrons. The van der Waals surface area contributed by atoms with Gasteiger partial charge >= 0.3 is 0 Å². The van der Waals surface area contributed by atoms with Crippen LogP contribution in [0.15, 0.2) is 12.1 Å². The molecule has 0 bridgehead atoms. The van der Waals surface area contributed by atoms with E-state index in [2.05, 4.69) is 25.8 Å². The van der Waals surface area contributed by atoms with Crippen LogP contribution in [0.2, 0.25) is 0 Å². The van der Waals surface area contributed by atoms with Gasteiger partial charge in [-0.05, 0) is 38.1 Å². The third-order valence-electron chi connectivity index (χ3n) is 3.31. The van der Waals surface area contributed by atoms with E-state index in [0.717, 1.165) is 24.6 Å². The van der Waals surface area contributed by atoms with Gasteiger partial charge in [-0.25, -0.2) is 0 Å². The summed E-state index contributed by atoms with van der Waals surface area (Å²) in [6, 6.07) is 3.97. The highest BCUT2D eigenvalue weighted by atomic mass is 16.5. The summed E-state index contributed by atoms with van der Waals surface area (Å²) in [5.74, 6) is 2.20. The molecule has 0 aliphatic heterocycles. The molecule has 0 saturated carbocycles. The van der Waals surface area contributed by atoms with Crippen LogP contribution in [0.25, 0.3) is 0 Å². The lowest BCUT2D eigenvalue weighted by Gasteiger charge is -2.23. The third-order valence-corrected chi connectivity index (χ3v) is 3.31. The van der Waals surface area contributed by atoms with Crippen LogP contribution < -0.4 is 15.2 Å². The molecule has 2 N–H and O–H groups in total. The molecular formula is C15H26N2O2. The zero-order chi connectivity index (χ0) is 14.4. The van der Waals surface area contributed by atoms with E-state index >= 15 is 0 Å². The highest BCUT2D eigenvalue weighted by molar-refractivity contribution is 5.46. The van der Waals surface area contributed by atoms with Gasteiger partial charge in [-0.1, -0.05) is 6.92 Å². The van der Waals surface area contributed by atoms with Gasteiger partial charge in [-0.3, -0.25) is 0 Å². The van der Waals surface area contributed by atoms with Gasteiger partial charge in [0.05, 0.1) is 14.2 Å². The Morgan fingerprint density at radius 1 is 1.26 bits per heavy atom. The van der Waals surface area contributed by atoms with E-state index < -0.39 is 0 Å². The van der Waals surface area contributed by atoms with Crippen LogP contribution in [0, 0.1) is 12.8 Å². The molecule has 0 aliphatic rings. The van der Waals surface area contributed by atoms with Gasteiger partial charge in [0, 0.05) is 24.7 Å². The first-order chi connectivity index (χ1) is 9.01. The molecule has 0 saturated heterocycles. The van der Waals surface area contributed by atoms with E-state index in [1.807, 2.05) is 12.1 Å². The summed E-state index contributed by atoms with van der Waals surface area (Å²) in [7, 11) is 5.47. The number of hydrogen-bond donors (Lipinski definition) is 1. The molecule has 0 fully saturated rings. The number of hydrogen-bond acceptors (Lipinski definition) is 4. The molecule has 1 atom stereocenters. The molecule has 0 spiro atoms. The second kappa shape index (κ2) is 7.36. The Morgan fingerprint density at radius 2 is 1.95 bits per heavy atom. The molecule has 19 heavy (non-hydrogen) atoms. The second-order valence-electron chi connectivity index (χ2n) is 5.16. The zero-order valence-corrected chi connectivity index (χ0v) is 12.7. The van der Waals surface area contributed by atoms with Gasteiger partial charge in [-0.15, -0.1) is 0 Å². The Bertz CT molecular complexity index is 407. The Morgan fingerprint density at radius 3 is 2.47 bits per heavy atom. The number of methoxy groups -OCH3 is 2. The average Bonchev–Trinajstić information content (AvgIpc) is 2.40. The Hall–Kier alpha value is -1.26. The lowest BCUT2D eigenvalue weighted by Crippen LogP contribution is -2.28. The summed E-state index contributed by atoms with van der Waals surface area (Å²) in [5.41, 5.74) is 8.06. The minimum atomic E-state index is 0.495. The fraction of sp³-hybridized carbons (Fsp3) is 0.600. The van der Waals surface area contributed by atoms with Gasteiger partial charge in [0.15, 0.2) is 0 Å².